The molecule has 0 amide bonds. The van der Waals surface area contributed by atoms with Gasteiger partial charge < -0.3 is 9.84 Å². The van der Waals surface area contributed by atoms with E-state index in [1.54, 1.807) is 6.92 Å². The lowest BCUT2D eigenvalue weighted by molar-refractivity contribution is -0.149. The van der Waals surface area contributed by atoms with Crippen LogP contribution in [-0.4, -0.2) is 24.3 Å². The Hall–Kier alpha value is -1.35. The van der Waals surface area contributed by atoms with Crippen LogP contribution in [0, 0.1) is 5.92 Å². The number of benzene rings is 1. The first-order valence-electron chi connectivity index (χ1n) is 5.95. The molecule has 0 radical (unpaired) electrons. The Balaban J connectivity index is 2.40. The first kappa shape index (κ1) is 13.7. The van der Waals surface area contributed by atoms with E-state index in [9.17, 15) is 9.90 Å². The second-order valence-corrected chi connectivity index (χ2v) is 4.25. The molecule has 1 N–H and O–H groups in total. The largest absolute Gasteiger partial charge is 0.469 e. The van der Waals surface area contributed by atoms with E-state index in [1.165, 1.54) is 12.7 Å². The molecule has 2 atom stereocenters. The number of carbonyl (C=O) groups is 1. The molecule has 3 nitrogen and oxygen atoms in total. The first-order chi connectivity index (χ1) is 8.15. The summed E-state index contributed by atoms with van der Waals surface area (Å²) >= 11 is 0. The lowest BCUT2D eigenvalue weighted by Crippen LogP contribution is -2.27. The zero-order valence-corrected chi connectivity index (χ0v) is 10.4. The standard InChI is InChI=1S/C14H20O3/c1-11(15)13(14(16)17-2)10-6-9-12-7-4-3-5-8-12/h3-5,7-8,11,13,15H,6,9-10H2,1-2H3. The van der Waals surface area contributed by atoms with Crippen molar-refractivity contribution >= 4 is 5.97 Å². The Labute approximate surface area is 102 Å². The summed E-state index contributed by atoms with van der Waals surface area (Å²) < 4.78 is 4.68. The van der Waals surface area contributed by atoms with Gasteiger partial charge in [0.2, 0.25) is 0 Å². The average Bonchev–Trinajstić information content (AvgIpc) is 2.34. The number of carbonyl (C=O) groups excluding carboxylic acids is 1. The summed E-state index contributed by atoms with van der Waals surface area (Å²) in [4.78, 5) is 11.4. The Bertz CT molecular complexity index is 333. The predicted molar refractivity (Wildman–Crippen MR) is 66.6 cm³/mol. The fraction of sp³-hybridized carbons (Fsp3) is 0.500. The zero-order chi connectivity index (χ0) is 12.7. The summed E-state index contributed by atoms with van der Waals surface area (Å²) in [6.45, 7) is 1.63. The third-order valence-corrected chi connectivity index (χ3v) is 2.91. The third kappa shape index (κ3) is 4.57. The molecular formula is C14H20O3. The van der Waals surface area contributed by atoms with E-state index in [1.807, 2.05) is 18.2 Å². The highest BCUT2D eigenvalue weighted by Crippen LogP contribution is 2.15. The minimum atomic E-state index is -0.654. The highest BCUT2D eigenvalue weighted by Gasteiger charge is 2.23. The maximum absolute atomic E-state index is 11.4. The van der Waals surface area contributed by atoms with Crippen molar-refractivity contribution in [3.05, 3.63) is 35.9 Å². The average molecular weight is 236 g/mol. The summed E-state index contributed by atoms with van der Waals surface area (Å²) in [5.74, 6) is -0.739. The zero-order valence-electron chi connectivity index (χ0n) is 10.4. The molecule has 1 aromatic carbocycles. The van der Waals surface area contributed by atoms with Gasteiger partial charge in [0, 0.05) is 0 Å². The second kappa shape index (κ2) is 7.07. The number of esters is 1. The first-order valence-corrected chi connectivity index (χ1v) is 5.95. The van der Waals surface area contributed by atoms with Crippen LogP contribution in [0.5, 0.6) is 0 Å². The van der Waals surface area contributed by atoms with Crippen molar-refractivity contribution in [1.82, 2.24) is 0 Å². The van der Waals surface area contributed by atoms with Gasteiger partial charge in [-0.25, -0.2) is 0 Å². The molecule has 0 aliphatic carbocycles. The molecule has 0 saturated heterocycles. The summed E-state index contributed by atoms with van der Waals surface area (Å²) in [5, 5.41) is 9.51. The lowest BCUT2D eigenvalue weighted by Gasteiger charge is -2.17. The molecular weight excluding hydrogens is 216 g/mol. The molecule has 0 heterocycles. The van der Waals surface area contributed by atoms with Gasteiger partial charge in [0.25, 0.3) is 0 Å². The lowest BCUT2D eigenvalue weighted by atomic mass is 9.95. The van der Waals surface area contributed by atoms with Crippen molar-refractivity contribution in [3.63, 3.8) is 0 Å². The summed E-state index contributed by atoms with van der Waals surface area (Å²) in [7, 11) is 1.36. The predicted octanol–water partition coefficient (Wildman–Crippen LogP) is 2.18. The monoisotopic (exact) mass is 236 g/mol. The SMILES string of the molecule is COC(=O)C(CCCc1ccccc1)C(C)O. The highest BCUT2D eigenvalue weighted by molar-refractivity contribution is 5.72. The van der Waals surface area contributed by atoms with E-state index >= 15 is 0 Å². The Morgan fingerprint density at radius 1 is 1.35 bits per heavy atom. The topological polar surface area (TPSA) is 46.5 Å². The molecule has 0 spiro atoms. The van der Waals surface area contributed by atoms with Gasteiger partial charge in [-0.05, 0) is 31.7 Å². The van der Waals surface area contributed by atoms with Gasteiger partial charge in [0.05, 0.1) is 19.1 Å². The van der Waals surface area contributed by atoms with Crippen molar-refractivity contribution < 1.29 is 14.6 Å². The molecule has 1 rings (SSSR count). The van der Waals surface area contributed by atoms with Gasteiger partial charge in [-0.15, -0.1) is 0 Å². The van der Waals surface area contributed by atoms with Crippen LogP contribution >= 0.6 is 0 Å². The van der Waals surface area contributed by atoms with Gasteiger partial charge in [-0.2, -0.15) is 0 Å². The number of aryl methyl sites for hydroxylation is 1. The third-order valence-electron chi connectivity index (χ3n) is 2.91. The Morgan fingerprint density at radius 3 is 2.53 bits per heavy atom. The smallest absolute Gasteiger partial charge is 0.311 e. The second-order valence-electron chi connectivity index (χ2n) is 4.25. The summed E-state index contributed by atoms with van der Waals surface area (Å²) in [6.07, 6.45) is 1.79. The molecule has 2 unspecified atom stereocenters. The molecule has 0 fully saturated rings. The van der Waals surface area contributed by atoms with E-state index in [4.69, 9.17) is 0 Å². The van der Waals surface area contributed by atoms with Crippen molar-refractivity contribution in [2.45, 2.75) is 32.3 Å². The number of rotatable bonds is 6. The molecule has 0 saturated carbocycles. The van der Waals surface area contributed by atoms with Gasteiger partial charge in [0.1, 0.15) is 0 Å². The van der Waals surface area contributed by atoms with Crippen molar-refractivity contribution in [2.24, 2.45) is 5.92 Å². The minimum Gasteiger partial charge on any atom is -0.469 e. The van der Waals surface area contributed by atoms with E-state index in [2.05, 4.69) is 16.9 Å². The molecule has 94 valence electrons. The molecule has 1 aromatic rings. The summed E-state index contributed by atoms with van der Waals surface area (Å²) in [6, 6.07) is 10.1. The van der Waals surface area contributed by atoms with E-state index in [-0.39, 0.29) is 5.97 Å². The fourth-order valence-electron chi connectivity index (χ4n) is 1.88. The van der Waals surface area contributed by atoms with E-state index in [0.717, 1.165) is 12.8 Å². The van der Waals surface area contributed by atoms with Gasteiger partial charge >= 0.3 is 5.97 Å². The number of aliphatic hydroxyl groups is 1. The van der Waals surface area contributed by atoms with Crippen LogP contribution in [0.3, 0.4) is 0 Å². The quantitative estimate of drug-likeness (QED) is 0.770. The number of methoxy groups -OCH3 is 1. The van der Waals surface area contributed by atoms with Gasteiger partial charge in [-0.1, -0.05) is 30.3 Å². The molecule has 0 aromatic heterocycles. The minimum absolute atomic E-state index is 0.326. The Kier molecular flexibility index (Phi) is 5.70. The molecule has 0 aliphatic rings. The van der Waals surface area contributed by atoms with Crippen LogP contribution in [0.4, 0.5) is 0 Å². The van der Waals surface area contributed by atoms with Crippen LogP contribution in [0.2, 0.25) is 0 Å². The number of hydrogen-bond acceptors (Lipinski definition) is 3. The number of aliphatic hydroxyl groups excluding tert-OH is 1. The van der Waals surface area contributed by atoms with Crippen molar-refractivity contribution in [2.75, 3.05) is 7.11 Å². The molecule has 3 heteroatoms. The van der Waals surface area contributed by atoms with Crippen molar-refractivity contribution in [1.29, 1.82) is 0 Å². The van der Waals surface area contributed by atoms with Gasteiger partial charge in [-0.3, -0.25) is 4.79 Å². The maximum atomic E-state index is 11.4. The maximum Gasteiger partial charge on any atom is 0.311 e. The fourth-order valence-corrected chi connectivity index (χ4v) is 1.88. The highest BCUT2D eigenvalue weighted by atomic mass is 16.5. The van der Waals surface area contributed by atoms with Crippen LogP contribution in [0.1, 0.15) is 25.3 Å². The number of hydrogen-bond donors (Lipinski definition) is 1. The van der Waals surface area contributed by atoms with Crippen LogP contribution in [0.15, 0.2) is 30.3 Å². The number of ether oxygens (including phenoxy) is 1. The van der Waals surface area contributed by atoms with Gasteiger partial charge in [0.15, 0.2) is 0 Å². The molecule has 17 heavy (non-hydrogen) atoms. The Morgan fingerprint density at radius 2 is 2.00 bits per heavy atom. The van der Waals surface area contributed by atoms with E-state index < -0.39 is 12.0 Å². The van der Waals surface area contributed by atoms with Crippen molar-refractivity contribution in [3.8, 4) is 0 Å². The molecule has 0 bridgehead atoms. The normalized spacial score (nSPS) is 14.1. The van der Waals surface area contributed by atoms with Crippen LogP contribution < -0.4 is 0 Å². The van der Waals surface area contributed by atoms with Crippen LogP contribution in [0.25, 0.3) is 0 Å². The molecule has 0 aliphatic heterocycles. The van der Waals surface area contributed by atoms with Crippen LogP contribution in [-0.2, 0) is 16.0 Å². The van der Waals surface area contributed by atoms with E-state index in [0.29, 0.717) is 6.42 Å². The summed E-state index contributed by atoms with van der Waals surface area (Å²) in [5.41, 5.74) is 1.25.